The van der Waals surface area contributed by atoms with E-state index in [1.54, 1.807) is 0 Å². The van der Waals surface area contributed by atoms with Crippen molar-refractivity contribution in [3.05, 3.63) is 59.3 Å². The summed E-state index contributed by atoms with van der Waals surface area (Å²) in [7, 11) is 0. The summed E-state index contributed by atoms with van der Waals surface area (Å²) in [5.74, 6) is 0.607. The van der Waals surface area contributed by atoms with Crippen molar-refractivity contribution >= 4 is 5.82 Å². The summed E-state index contributed by atoms with van der Waals surface area (Å²) in [6.07, 6.45) is 1.82. The standard InChI is InChI=1S/C18H25N3/c1-5-20-16(15-11-13(2)12-21-17(15)19)18(3,4)14-9-7-6-8-10-14/h6-12,16,20H,5H2,1-4H3,(H2,19,21). The highest BCUT2D eigenvalue weighted by molar-refractivity contribution is 5.46. The molecule has 0 radical (unpaired) electrons. The second kappa shape index (κ2) is 6.27. The lowest BCUT2D eigenvalue weighted by molar-refractivity contribution is 0.354. The number of hydrogen-bond acceptors (Lipinski definition) is 3. The molecule has 0 spiro atoms. The Bertz CT molecular complexity index is 591. The summed E-state index contributed by atoms with van der Waals surface area (Å²) >= 11 is 0. The molecule has 1 atom stereocenters. The van der Waals surface area contributed by atoms with Gasteiger partial charge in [-0.15, -0.1) is 0 Å². The van der Waals surface area contributed by atoms with Gasteiger partial charge in [-0.25, -0.2) is 4.98 Å². The van der Waals surface area contributed by atoms with Crippen LogP contribution in [-0.4, -0.2) is 11.5 Å². The van der Waals surface area contributed by atoms with Gasteiger partial charge in [-0.3, -0.25) is 0 Å². The van der Waals surface area contributed by atoms with Crippen LogP contribution in [0.3, 0.4) is 0 Å². The minimum atomic E-state index is -0.0825. The molecule has 1 aromatic heterocycles. The molecule has 2 aromatic rings. The van der Waals surface area contributed by atoms with E-state index in [4.69, 9.17) is 5.73 Å². The van der Waals surface area contributed by atoms with Gasteiger partial charge >= 0.3 is 0 Å². The quantitative estimate of drug-likeness (QED) is 0.881. The number of anilines is 1. The summed E-state index contributed by atoms with van der Waals surface area (Å²) in [6, 6.07) is 12.8. The average Bonchev–Trinajstić information content (AvgIpc) is 2.48. The lowest BCUT2D eigenvalue weighted by atomic mass is 9.74. The molecule has 0 bridgehead atoms. The first-order chi connectivity index (χ1) is 9.96. The van der Waals surface area contributed by atoms with E-state index in [9.17, 15) is 0 Å². The monoisotopic (exact) mass is 283 g/mol. The molecule has 1 unspecified atom stereocenters. The third-order valence-corrected chi connectivity index (χ3v) is 4.04. The van der Waals surface area contributed by atoms with Crippen LogP contribution in [0.2, 0.25) is 0 Å². The fraction of sp³-hybridized carbons (Fsp3) is 0.389. The molecule has 0 aliphatic carbocycles. The van der Waals surface area contributed by atoms with E-state index in [-0.39, 0.29) is 11.5 Å². The fourth-order valence-electron chi connectivity index (χ4n) is 2.83. The Morgan fingerprint density at radius 1 is 1.24 bits per heavy atom. The van der Waals surface area contributed by atoms with Gasteiger partial charge in [-0.1, -0.05) is 51.1 Å². The Morgan fingerprint density at radius 3 is 2.52 bits per heavy atom. The Kier molecular flexibility index (Phi) is 4.63. The third kappa shape index (κ3) is 3.24. The molecule has 0 aliphatic heterocycles. The van der Waals surface area contributed by atoms with E-state index < -0.39 is 0 Å². The SMILES string of the molecule is CCNC(c1cc(C)cnc1N)C(C)(C)c1ccccc1. The Labute approximate surface area is 127 Å². The Morgan fingerprint density at radius 2 is 1.90 bits per heavy atom. The maximum absolute atomic E-state index is 6.14. The number of aryl methyl sites for hydroxylation is 1. The molecule has 2 rings (SSSR count). The lowest BCUT2D eigenvalue weighted by Crippen LogP contribution is -2.38. The molecule has 1 heterocycles. The van der Waals surface area contributed by atoms with Crippen molar-refractivity contribution in [1.29, 1.82) is 0 Å². The second-order valence-corrected chi connectivity index (χ2v) is 6.07. The van der Waals surface area contributed by atoms with E-state index in [2.05, 4.69) is 68.3 Å². The molecular weight excluding hydrogens is 258 g/mol. The zero-order valence-electron chi connectivity index (χ0n) is 13.4. The molecule has 112 valence electrons. The van der Waals surface area contributed by atoms with Crippen LogP contribution >= 0.6 is 0 Å². The van der Waals surface area contributed by atoms with Gasteiger partial charge in [-0.05, 0) is 30.7 Å². The first kappa shape index (κ1) is 15.5. The van der Waals surface area contributed by atoms with E-state index in [0.29, 0.717) is 5.82 Å². The minimum Gasteiger partial charge on any atom is -0.383 e. The maximum Gasteiger partial charge on any atom is 0.128 e. The summed E-state index contributed by atoms with van der Waals surface area (Å²) in [5.41, 5.74) is 9.56. The van der Waals surface area contributed by atoms with Crippen LogP contribution in [0.4, 0.5) is 5.82 Å². The van der Waals surface area contributed by atoms with Crippen LogP contribution in [0.5, 0.6) is 0 Å². The molecule has 0 saturated heterocycles. The topological polar surface area (TPSA) is 50.9 Å². The van der Waals surface area contributed by atoms with Crippen molar-refractivity contribution in [3.63, 3.8) is 0 Å². The van der Waals surface area contributed by atoms with E-state index in [1.807, 2.05) is 12.3 Å². The number of nitrogens with two attached hydrogens (primary N) is 1. The van der Waals surface area contributed by atoms with Crippen LogP contribution in [0.1, 0.15) is 43.5 Å². The number of pyridine rings is 1. The molecule has 3 N–H and O–H groups in total. The number of hydrogen-bond donors (Lipinski definition) is 2. The van der Waals surface area contributed by atoms with Crippen LogP contribution in [0, 0.1) is 6.92 Å². The Balaban J connectivity index is 2.50. The van der Waals surface area contributed by atoms with Crippen molar-refractivity contribution < 1.29 is 0 Å². The predicted octanol–water partition coefficient (Wildman–Crippen LogP) is 3.60. The normalized spacial score (nSPS) is 13.1. The molecule has 3 heteroatoms. The third-order valence-electron chi connectivity index (χ3n) is 4.04. The second-order valence-electron chi connectivity index (χ2n) is 6.07. The number of nitrogen functional groups attached to an aromatic ring is 1. The molecule has 0 aliphatic rings. The van der Waals surface area contributed by atoms with Gasteiger partial charge in [0, 0.05) is 23.2 Å². The number of benzene rings is 1. The average molecular weight is 283 g/mol. The number of nitrogens with one attached hydrogen (secondary N) is 1. The molecule has 0 amide bonds. The molecule has 3 nitrogen and oxygen atoms in total. The zero-order valence-corrected chi connectivity index (χ0v) is 13.4. The molecule has 1 aromatic carbocycles. The molecule has 0 saturated carbocycles. The molecule has 0 fully saturated rings. The van der Waals surface area contributed by atoms with Gasteiger partial charge in [-0.2, -0.15) is 0 Å². The van der Waals surface area contributed by atoms with Gasteiger partial charge in [0.05, 0.1) is 0 Å². The predicted molar refractivity (Wildman–Crippen MR) is 89.3 cm³/mol. The molecule has 21 heavy (non-hydrogen) atoms. The maximum atomic E-state index is 6.14. The lowest BCUT2D eigenvalue weighted by Gasteiger charge is -2.36. The Hall–Kier alpha value is -1.87. The summed E-state index contributed by atoms with van der Waals surface area (Å²) in [6.45, 7) is 9.55. The first-order valence-corrected chi connectivity index (χ1v) is 7.47. The minimum absolute atomic E-state index is 0.0825. The number of likely N-dealkylation sites (N-methyl/N-ethyl adjacent to an activating group) is 1. The van der Waals surface area contributed by atoms with Gasteiger partial charge in [0.1, 0.15) is 5.82 Å². The van der Waals surface area contributed by atoms with Gasteiger partial charge in [0.25, 0.3) is 0 Å². The summed E-state index contributed by atoms with van der Waals surface area (Å²) in [4.78, 5) is 4.33. The number of rotatable bonds is 5. The molecular formula is C18H25N3. The van der Waals surface area contributed by atoms with Crippen molar-refractivity contribution in [2.75, 3.05) is 12.3 Å². The zero-order chi connectivity index (χ0) is 15.5. The van der Waals surface area contributed by atoms with Gasteiger partial charge in [0.2, 0.25) is 0 Å². The van der Waals surface area contributed by atoms with Crippen molar-refractivity contribution in [2.45, 2.75) is 39.2 Å². The van der Waals surface area contributed by atoms with Crippen LogP contribution in [-0.2, 0) is 5.41 Å². The summed E-state index contributed by atoms with van der Waals surface area (Å²) in [5, 5.41) is 3.59. The van der Waals surface area contributed by atoms with Crippen LogP contribution in [0.25, 0.3) is 0 Å². The number of aromatic nitrogens is 1. The van der Waals surface area contributed by atoms with E-state index >= 15 is 0 Å². The van der Waals surface area contributed by atoms with Crippen LogP contribution in [0.15, 0.2) is 42.6 Å². The van der Waals surface area contributed by atoms with Gasteiger partial charge < -0.3 is 11.1 Å². The van der Waals surface area contributed by atoms with E-state index in [0.717, 1.165) is 17.7 Å². The first-order valence-electron chi connectivity index (χ1n) is 7.47. The number of nitrogens with zero attached hydrogens (tertiary/aromatic N) is 1. The van der Waals surface area contributed by atoms with Crippen molar-refractivity contribution in [2.24, 2.45) is 0 Å². The highest BCUT2D eigenvalue weighted by Gasteiger charge is 2.33. The van der Waals surface area contributed by atoms with Gasteiger partial charge in [0.15, 0.2) is 0 Å². The van der Waals surface area contributed by atoms with Crippen molar-refractivity contribution in [3.8, 4) is 0 Å². The largest absolute Gasteiger partial charge is 0.383 e. The highest BCUT2D eigenvalue weighted by Crippen LogP contribution is 2.38. The smallest absolute Gasteiger partial charge is 0.128 e. The highest BCUT2D eigenvalue weighted by atomic mass is 14.9. The van der Waals surface area contributed by atoms with E-state index in [1.165, 1.54) is 5.56 Å². The fourth-order valence-corrected chi connectivity index (χ4v) is 2.83. The van der Waals surface area contributed by atoms with Crippen molar-refractivity contribution in [1.82, 2.24) is 10.3 Å². The summed E-state index contributed by atoms with van der Waals surface area (Å²) < 4.78 is 0. The van der Waals surface area contributed by atoms with Crippen LogP contribution < -0.4 is 11.1 Å².